The van der Waals surface area contributed by atoms with Crippen molar-refractivity contribution in [3.05, 3.63) is 46.0 Å². The molecule has 26 heavy (non-hydrogen) atoms. The summed E-state index contributed by atoms with van der Waals surface area (Å²) in [5.74, 6) is -0.638. The van der Waals surface area contributed by atoms with Crippen LogP contribution in [-0.4, -0.2) is 29.5 Å². The second-order valence-electron chi connectivity index (χ2n) is 6.81. The van der Waals surface area contributed by atoms with Crippen molar-refractivity contribution < 1.29 is 9.18 Å². The largest absolute Gasteiger partial charge is 0.352 e. The van der Waals surface area contributed by atoms with E-state index in [1.807, 2.05) is 6.92 Å². The number of carbonyl (C=O) groups excluding carboxylic acids is 1. The Balaban J connectivity index is 1.64. The van der Waals surface area contributed by atoms with Gasteiger partial charge in [-0.1, -0.05) is 0 Å². The molecule has 0 bridgehead atoms. The highest BCUT2D eigenvalue weighted by Crippen LogP contribution is 2.16. The first kappa shape index (κ1) is 18.1. The Bertz CT molecular complexity index is 910. The van der Waals surface area contributed by atoms with Crippen LogP contribution in [0.1, 0.15) is 25.3 Å². The lowest BCUT2D eigenvalue weighted by Crippen LogP contribution is -2.52. The van der Waals surface area contributed by atoms with E-state index >= 15 is 0 Å². The van der Waals surface area contributed by atoms with Crippen molar-refractivity contribution in [1.82, 2.24) is 15.6 Å². The summed E-state index contributed by atoms with van der Waals surface area (Å²) in [5, 5.41) is 15.7. The number of nitriles is 1. The van der Waals surface area contributed by atoms with Gasteiger partial charge in [0.1, 0.15) is 5.82 Å². The average Bonchev–Trinajstić information content (AvgIpc) is 2.62. The van der Waals surface area contributed by atoms with Crippen molar-refractivity contribution >= 4 is 16.8 Å². The number of piperidine rings is 1. The van der Waals surface area contributed by atoms with Crippen molar-refractivity contribution in [2.75, 3.05) is 6.54 Å². The predicted octanol–water partition coefficient (Wildman–Crippen LogP) is 1.61. The molecule has 0 saturated carbocycles. The van der Waals surface area contributed by atoms with Crippen LogP contribution in [0.25, 0.3) is 10.9 Å². The summed E-state index contributed by atoms with van der Waals surface area (Å²) < 4.78 is 13.4. The fraction of sp³-hybridized carbons (Fsp3) is 0.421. The van der Waals surface area contributed by atoms with Gasteiger partial charge in [-0.25, -0.2) is 4.39 Å². The number of pyridine rings is 1. The molecule has 2 aromatic rings. The molecule has 0 spiro atoms. The van der Waals surface area contributed by atoms with Gasteiger partial charge in [0.25, 0.3) is 5.56 Å². The Hall–Kier alpha value is -2.72. The van der Waals surface area contributed by atoms with Crippen molar-refractivity contribution in [1.29, 1.82) is 5.26 Å². The minimum Gasteiger partial charge on any atom is -0.352 e. The molecule has 3 rings (SSSR count). The number of aromatic nitrogens is 1. The van der Waals surface area contributed by atoms with Gasteiger partial charge < -0.3 is 15.6 Å². The van der Waals surface area contributed by atoms with E-state index in [-0.39, 0.29) is 35.9 Å². The van der Waals surface area contributed by atoms with Crippen LogP contribution < -0.4 is 16.2 Å². The molecule has 1 aromatic carbocycles. The quantitative estimate of drug-likeness (QED) is 0.775. The van der Waals surface area contributed by atoms with Gasteiger partial charge in [-0.05, 0) is 44.0 Å². The first-order valence-electron chi connectivity index (χ1n) is 8.70. The van der Waals surface area contributed by atoms with Gasteiger partial charge in [0, 0.05) is 35.1 Å². The number of nitrogens with one attached hydrogen (secondary N) is 3. The van der Waals surface area contributed by atoms with Crippen LogP contribution in [0.4, 0.5) is 4.39 Å². The number of halogens is 1. The molecule has 6 nitrogen and oxygen atoms in total. The molecule has 3 unspecified atom stereocenters. The minimum atomic E-state index is -0.396. The summed E-state index contributed by atoms with van der Waals surface area (Å²) in [6, 6.07) is 7.90. The molecule has 3 atom stereocenters. The normalized spacial score (nSPS) is 21.1. The monoisotopic (exact) mass is 356 g/mol. The Labute approximate surface area is 150 Å². The van der Waals surface area contributed by atoms with E-state index in [1.165, 1.54) is 18.2 Å². The van der Waals surface area contributed by atoms with Crippen molar-refractivity contribution in [2.45, 2.75) is 38.3 Å². The Morgan fingerprint density at radius 1 is 1.42 bits per heavy atom. The lowest BCUT2D eigenvalue weighted by molar-refractivity contribution is -0.121. The number of hydrogen-bond donors (Lipinski definition) is 3. The number of carbonyl (C=O) groups is 1. The Morgan fingerprint density at radius 2 is 2.23 bits per heavy atom. The first-order valence-corrected chi connectivity index (χ1v) is 8.70. The topological polar surface area (TPSA) is 97.8 Å². The fourth-order valence-electron chi connectivity index (χ4n) is 3.35. The van der Waals surface area contributed by atoms with E-state index in [9.17, 15) is 14.0 Å². The number of hydrogen-bond acceptors (Lipinski definition) is 4. The molecule has 1 amide bonds. The third-order valence-corrected chi connectivity index (χ3v) is 4.86. The van der Waals surface area contributed by atoms with Crippen molar-refractivity contribution in [2.24, 2.45) is 5.92 Å². The summed E-state index contributed by atoms with van der Waals surface area (Å²) in [6.45, 7) is 2.53. The molecular weight excluding hydrogens is 335 g/mol. The summed E-state index contributed by atoms with van der Waals surface area (Å²) in [5.41, 5.74) is 0.487. The third kappa shape index (κ3) is 4.09. The van der Waals surface area contributed by atoms with E-state index in [0.29, 0.717) is 23.0 Å². The highest BCUT2D eigenvalue weighted by molar-refractivity contribution is 5.82. The van der Waals surface area contributed by atoms with Crippen LogP contribution in [-0.2, 0) is 11.2 Å². The second kappa shape index (κ2) is 7.67. The molecule has 0 aliphatic carbocycles. The van der Waals surface area contributed by atoms with Crippen LogP contribution in [0.5, 0.6) is 0 Å². The Kier molecular flexibility index (Phi) is 5.33. The molecule has 1 aliphatic rings. The van der Waals surface area contributed by atoms with Gasteiger partial charge >= 0.3 is 0 Å². The summed E-state index contributed by atoms with van der Waals surface area (Å²) >= 11 is 0. The van der Waals surface area contributed by atoms with Gasteiger partial charge in [-0.3, -0.25) is 9.59 Å². The van der Waals surface area contributed by atoms with E-state index in [2.05, 4.69) is 21.7 Å². The highest BCUT2D eigenvalue weighted by atomic mass is 19.1. The SMILES string of the molecule is CC(NC(=O)Cc1cc2cc(F)ccc2[nH]c1=O)C1CCC(C#N)CN1. The van der Waals surface area contributed by atoms with Crippen molar-refractivity contribution in [3.8, 4) is 6.07 Å². The number of aromatic amines is 1. The van der Waals surface area contributed by atoms with E-state index in [1.54, 1.807) is 6.07 Å². The summed E-state index contributed by atoms with van der Waals surface area (Å²) in [4.78, 5) is 27.1. The predicted molar refractivity (Wildman–Crippen MR) is 96.0 cm³/mol. The van der Waals surface area contributed by atoms with Gasteiger partial charge in [0.05, 0.1) is 18.4 Å². The number of benzene rings is 1. The zero-order valence-electron chi connectivity index (χ0n) is 14.5. The molecule has 2 heterocycles. The van der Waals surface area contributed by atoms with Crippen LogP contribution in [0.3, 0.4) is 0 Å². The maximum atomic E-state index is 13.4. The minimum absolute atomic E-state index is 0.0192. The van der Waals surface area contributed by atoms with E-state index in [0.717, 1.165) is 12.8 Å². The molecule has 1 saturated heterocycles. The van der Waals surface area contributed by atoms with Gasteiger partial charge in [0.15, 0.2) is 0 Å². The molecule has 1 aliphatic heterocycles. The molecule has 1 aromatic heterocycles. The number of nitrogens with zero attached hydrogens (tertiary/aromatic N) is 1. The first-order chi connectivity index (χ1) is 12.5. The molecule has 0 radical (unpaired) electrons. The summed E-state index contributed by atoms with van der Waals surface area (Å²) in [7, 11) is 0. The smallest absolute Gasteiger partial charge is 0.252 e. The maximum absolute atomic E-state index is 13.4. The van der Waals surface area contributed by atoms with Crippen LogP contribution >= 0.6 is 0 Å². The number of H-pyrrole nitrogens is 1. The maximum Gasteiger partial charge on any atom is 0.252 e. The van der Waals surface area contributed by atoms with Gasteiger partial charge in [-0.15, -0.1) is 0 Å². The van der Waals surface area contributed by atoms with E-state index < -0.39 is 5.82 Å². The molecule has 136 valence electrons. The molecule has 1 fully saturated rings. The molecular formula is C19H21FN4O2. The average molecular weight is 356 g/mol. The zero-order valence-corrected chi connectivity index (χ0v) is 14.5. The van der Waals surface area contributed by atoms with Crippen molar-refractivity contribution in [3.63, 3.8) is 0 Å². The lowest BCUT2D eigenvalue weighted by Gasteiger charge is -2.31. The number of fused-ring (bicyclic) bond motifs is 1. The number of rotatable bonds is 4. The fourth-order valence-corrected chi connectivity index (χ4v) is 3.35. The van der Waals surface area contributed by atoms with Gasteiger partial charge in [0.2, 0.25) is 5.91 Å². The number of amides is 1. The molecule has 3 N–H and O–H groups in total. The standard InChI is InChI=1S/C19H21FN4O2/c1-11(16-4-2-12(9-21)10-22-16)23-18(25)8-14-6-13-7-15(20)3-5-17(13)24-19(14)26/h3,5-7,11-12,16,22H,2,4,8,10H2,1H3,(H,23,25)(H,24,26). The van der Waals surface area contributed by atoms with Crippen LogP contribution in [0.2, 0.25) is 0 Å². The highest BCUT2D eigenvalue weighted by Gasteiger charge is 2.25. The third-order valence-electron chi connectivity index (χ3n) is 4.86. The summed E-state index contributed by atoms with van der Waals surface area (Å²) in [6.07, 6.45) is 1.56. The van der Waals surface area contributed by atoms with Crippen LogP contribution in [0.15, 0.2) is 29.1 Å². The van der Waals surface area contributed by atoms with E-state index in [4.69, 9.17) is 5.26 Å². The Morgan fingerprint density at radius 3 is 2.92 bits per heavy atom. The van der Waals surface area contributed by atoms with Gasteiger partial charge in [-0.2, -0.15) is 5.26 Å². The van der Waals surface area contributed by atoms with Crippen LogP contribution in [0, 0.1) is 23.1 Å². The zero-order chi connectivity index (χ0) is 18.7. The second-order valence-corrected chi connectivity index (χ2v) is 6.81. The molecule has 7 heteroatoms. The lowest BCUT2D eigenvalue weighted by atomic mass is 9.92.